The Hall–Kier alpha value is -3.70. The van der Waals surface area contributed by atoms with Crippen molar-refractivity contribution in [3.63, 3.8) is 0 Å². The molecule has 1 aromatic heterocycles. The lowest BCUT2D eigenvalue weighted by molar-refractivity contribution is -0.139. The molecule has 37 heavy (non-hydrogen) atoms. The minimum atomic E-state index is -0.831. The number of hydrogen-bond acceptors (Lipinski definition) is 10. The van der Waals surface area contributed by atoms with Gasteiger partial charge in [-0.3, -0.25) is 0 Å². The average Bonchev–Trinajstić information content (AvgIpc) is 3.35. The number of halogens is 1. The lowest BCUT2D eigenvalue weighted by Gasteiger charge is -2.31. The molecule has 0 amide bonds. The van der Waals surface area contributed by atoms with Crippen molar-refractivity contribution in [1.29, 1.82) is 0 Å². The molecule has 1 atom stereocenters. The van der Waals surface area contributed by atoms with Gasteiger partial charge in [-0.05, 0) is 32.4 Å². The summed E-state index contributed by atoms with van der Waals surface area (Å²) >= 11 is 6.50. The van der Waals surface area contributed by atoms with E-state index in [-0.39, 0.29) is 43.3 Å². The van der Waals surface area contributed by atoms with Crippen LogP contribution in [0.1, 0.15) is 42.7 Å². The minimum absolute atomic E-state index is 0.000321. The summed E-state index contributed by atoms with van der Waals surface area (Å²) in [7, 11) is 1.27. The molecule has 2 aromatic rings. The maximum atomic E-state index is 13.2. The zero-order valence-electron chi connectivity index (χ0n) is 21.1. The van der Waals surface area contributed by atoms with Crippen LogP contribution in [0.2, 0.25) is 5.02 Å². The second-order valence-electron chi connectivity index (χ2n) is 7.86. The molecule has 1 aliphatic rings. The number of dihydropyridines is 1. The van der Waals surface area contributed by atoms with Gasteiger partial charge in [0, 0.05) is 10.7 Å². The monoisotopic (exact) mass is 532 g/mol. The first kappa shape index (κ1) is 27.9. The van der Waals surface area contributed by atoms with Gasteiger partial charge in [0.05, 0.1) is 69.0 Å². The Morgan fingerprint density at radius 2 is 1.76 bits per heavy atom. The predicted octanol–water partition coefficient (Wildman–Crippen LogP) is 2.78. The number of nitrogens with one attached hydrogen (secondary N) is 1. The average molecular weight is 533 g/mol. The fourth-order valence-electron chi connectivity index (χ4n) is 3.90. The number of esters is 3. The SMILES string of the molecule is CCOC(=O)C1=C(COCCn2cc(C(=O)OCC)nn2)NC(C)=C(C(=O)OC)C1c1ccccc1Cl. The number of allylic oxidation sites excluding steroid dienone is 1. The van der Waals surface area contributed by atoms with Gasteiger partial charge in [-0.15, -0.1) is 5.10 Å². The molecule has 0 fully saturated rings. The van der Waals surface area contributed by atoms with Crippen LogP contribution in [-0.2, 0) is 35.1 Å². The molecule has 3 rings (SSSR count). The first-order valence-corrected chi connectivity index (χ1v) is 12.1. The number of rotatable bonds is 11. The van der Waals surface area contributed by atoms with Crippen LogP contribution in [0.25, 0.3) is 0 Å². The Balaban J connectivity index is 1.87. The zero-order valence-corrected chi connectivity index (χ0v) is 21.8. The fraction of sp³-hybridized carbons (Fsp3) is 0.400. The number of methoxy groups -OCH3 is 1. The molecule has 1 aliphatic heterocycles. The third kappa shape index (κ3) is 6.55. The molecule has 0 saturated heterocycles. The molecule has 0 saturated carbocycles. The molecular formula is C25H29ClN4O7. The number of ether oxygens (including phenoxy) is 4. The molecule has 12 heteroatoms. The van der Waals surface area contributed by atoms with Crippen molar-refractivity contribution in [2.24, 2.45) is 0 Å². The summed E-state index contributed by atoms with van der Waals surface area (Å²) in [6.07, 6.45) is 1.46. The summed E-state index contributed by atoms with van der Waals surface area (Å²) in [6, 6.07) is 6.97. The van der Waals surface area contributed by atoms with Crippen molar-refractivity contribution in [1.82, 2.24) is 20.3 Å². The molecule has 198 valence electrons. The third-order valence-corrected chi connectivity index (χ3v) is 5.84. The highest BCUT2D eigenvalue weighted by molar-refractivity contribution is 6.31. The predicted molar refractivity (Wildman–Crippen MR) is 133 cm³/mol. The normalized spacial score (nSPS) is 15.3. The van der Waals surface area contributed by atoms with Crippen molar-refractivity contribution in [2.75, 3.05) is 33.5 Å². The van der Waals surface area contributed by atoms with E-state index in [1.54, 1.807) is 45.0 Å². The van der Waals surface area contributed by atoms with Crippen LogP contribution in [0.4, 0.5) is 0 Å². The van der Waals surface area contributed by atoms with Crippen molar-refractivity contribution >= 4 is 29.5 Å². The van der Waals surface area contributed by atoms with Gasteiger partial charge in [0.2, 0.25) is 0 Å². The van der Waals surface area contributed by atoms with Gasteiger partial charge >= 0.3 is 17.9 Å². The van der Waals surface area contributed by atoms with Crippen LogP contribution in [0.15, 0.2) is 53.0 Å². The van der Waals surface area contributed by atoms with Crippen LogP contribution >= 0.6 is 11.6 Å². The first-order valence-electron chi connectivity index (χ1n) is 11.7. The number of carbonyl (C=O) groups excluding carboxylic acids is 3. The highest BCUT2D eigenvalue weighted by Crippen LogP contribution is 2.41. The molecule has 0 spiro atoms. The Bertz CT molecular complexity index is 1220. The van der Waals surface area contributed by atoms with Crippen LogP contribution in [-0.4, -0.2) is 66.4 Å². The van der Waals surface area contributed by atoms with Gasteiger partial charge < -0.3 is 24.3 Å². The molecular weight excluding hydrogens is 504 g/mol. The van der Waals surface area contributed by atoms with Crippen LogP contribution in [0, 0.1) is 0 Å². The van der Waals surface area contributed by atoms with E-state index in [0.717, 1.165) is 0 Å². The molecule has 0 aliphatic carbocycles. The summed E-state index contributed by atoms with van der Waals surface area (Å²) in [4.78, 5) is 37.7. The smallest absolute Gasteiger partial charge is 0.360 e. The van der Waals surface area contributed by atoms with Gasteiger partial charge in [0.1, 0.15) is 0 Å². The summed E-state index contributed by atoms with van der Waals surface area (Å²) in [5, 5.41) is 11.2. The summed E-state index contributed by atoms with van der Waals surface area (Å²) in [5.41, 5.74) is 2.03. The Labute approximate surface area is 219 Å². The minimum Gasteiger partial charge on any atom is -0.466 e. The Morgan fingerprint density at radius 1 is 1.05 bits per heavy atom. The maximum Gasteiger partial charge on any atom is 0.360 e. The van der Waals surface area contributed by atoms with Crippen molar-refractivity contribution in [3.05, 3.63) is 69.3 Å². The van der Waals surface area contributed by atoms with E-state index in [4.69, 9.17) is 30.5 Å². The van der Waals surface area contributed by atoms with E-state index in [9.17, 15) is 14.4 Å². The highest BCUT2D eigenvalue weighted by Gasteiger charge is 2.39. The van der Waals surface area contributed by atoms with Crippen LogP contribution < -0.4 is 5.32 Å². The summed E-state index contributed by atoms with van der Waals surface area (Å²) in [6.45, 7) is 5.97. The molecule has 1 N–H and O–H groups in total. The van der Waals surface area contributed by atoms with E-state index < -0.39 is 23.8 Å². The number of carbonyl (C=O) groups is 3. The van der Waals surface area contributed by atoms with E-state index in [2.05, 4.69) is 15.6 Å². The highest BCUT2D eigenvalue weighted by atomic mass is 35.5. The number of nitrogens with zero attached hydrogens (tertiary/aromatic N) is 3. The van der Waals surface area contributed by atoms with E-state index in [1.807, 2.05) is 0 Å². The summed E-state index contributed by atoms with van der Waals surface area (Å²) in [5.74, 6) is -2.59. The quantitative estimate of drug-likeness (QED) is 0.262. The van der Waals surface area contributed by atoms with Crippen molar-refractivity contribution in [2.45, 2.75) is 33.2 Å². The van der Waals surface area contributed by atoms with Crippen molar-refractivity contribution in [3.8, 4) is 0 Å². The molecule has 1 aromatic carbocycles. The first-order chi connectivity index (χ1) is 17.8. The summed E-state index contributed by atoms with van der Waals surface area (Å²) < 4.78 is 22.6. The lowest BCUT2D eigenvalue weighted by atomic mass is 9.80. The van der Waals surface area contributed by atoms with E-state index in [0.29, 0.717) is 28.5 Å². The third-order valence-electron chi connectivity index (χ3n) is 5.50. The van der Waals surface area contributed by atoms with E-state index >= 15 is 0 Å². The van der Waals surface area contributed by atoms with Gasteiger partial charge in [0.15, 0.2) is 5.69 Å². The number of aromatic nitrogens is 3. The second-order valence-corrected chi connectivity index (χ2v) is 8.27. The van der Waals surface area contributed by atoms with Crippen LogP contribution in [0.5, 0.6) is 0 Å². The molecule has 0 radical (unpaired) electrons. The van der Waals surface area contributed by atoms with Gasteiger partial charge in [-0.2, -0.15) is 0 Å². The molecule has 11 nitrogen and oxygen atoms in total. The van der Waals surface area contributed by atoms with Crippen LogP contribution in [0.3, 0.4) is 0 Å². The maximum absolute atomic E-state index is 13.2. The van der Waals surface area contributed by atoms with Crippen molar-refractivity contribution < 1.29 is 33.3 Å². The second kappa shape index (κ2) is 13.0. The molecule has 2 heterocycles. The number of benzene rings is 1. The Kier molecular flexibility index (Phi) is 9.81. The van der Waals surface area contributed by atoms with Gasteiger partial charge in [-0.1, -0.05) is 35.0 Å². The number of hydrogen-bond donors (Lipinski definition) is 1. The molecule has 1 unspecified atom stereocenters. The largest absolute Gasteiger partial charge is 0.466 e. The van der Waals surface area contributed by atoms with Gasteiger partial charge in [0.25, 0.3) is 0 Å². The lowest BCUT2D eigenvalue weighted by Crippen LogP contribution is -2.35. The molecule has 0 bridgehead atoms. The fourth-order valence-corrected chi connectivity index (χ4v) is 4.14. The standard InChI is InChI=1S/C25H29ClN4O7/c1-5-36-23(31)18-13-30(29-28-18)11-12-35-14-19-22(25(33)37-6-2)21(16-9-7-8-10-17(16)26)20(15(3)27-19)24(32)34-4/h7-10,13,21,27H,5-6,11-12,14H2,1-4H3. The van der Waals surface area contributed by atoms with E-state index in [1.165, 1.54) is 18.0 Å². The Morgan fingerprint density at radius 3 is 2.43 bits per heavy atom. The zero-order chi connectivity index (χ0) is 26.9. The van der Waals surface area contributed by atoms with Gasteiger partial charge in [-0.25, -0.2) is 19.1 Å². The topological polar surface area (TPSA) is 131 Å².